The standard InChI is InChI=1S/C18H18F3N3O3/c1-10-4-2-5-11-8-12(15(25)23-14(10)11)9-22-16(26)13-6-3-7-24(13)17(27)18(19,20)21/h2,4-5,8,13H,3,6-7,9H2,1H3,(H,22,26)(H,23,25). The highest BCUT2D eigenvalue weighted by Crippen LogP contribution is 2.25. The zero-order chi connectivity index (χ0) is 19.8. The number of hydrogen-bond acceptors (Lipinski definition) is 3. The van der Waals surface area contributed by atoms with E-state index in [1.807, 2.05) is 25.1 Å². The summed E-state index contributed by atoms with van der Waals surface area (Å²) in [4.78, 5) is 39.3. The molecule has 0 aliphatic carbocycles. The largest absolute Gasteiger partial charge is 0.471 e. The number of benzene rings is 1. The van der Waals surface area contributed by atoms with Gasteiger partial charge in [-0.05, 0) is 36.8 Å². The Morgan fingerprint density at radius 3 is 2.78 bits per heavy atom. The lowest BCUT2D eigenvalue weighted by Crippen LogP contribution is -2.50. The van der Waals surface area contributed by atoms with Crippen molar-refractivity contribution in [3.05, 3.63) is 45.7 Å². The van der Waals surface area contributed by atoms with Crippen LogP contribution in [0.15, 0.2) is 29.1 Å². The van der Waals surface area contributed by atoms with Gasteiger partial charge in [-0.1, -0.05) is 18.2 Å². The summed E-state index contributed by atoms with van der Waals surface area (Å²) < 4.78 is 38.0. The van der Waals surface area contributed by atoms with E-state index in [0.717, 1.165) is 10.9 Å². The van der Waals surface area contributed by atoms with E-state index in [0.29, 0.717) is 16.8 Å². The summed E-state index contributed by atoms with van der Waals surface area (Å²) in [5.74, 6) is -2.71. The van der Waals surface area contributed by atoms with E-state index in [2.05, 4.69) is 10.3 Å². The summed E-state index contributed by atoms with van der Waals surface area (Å²) in [6, 6.07) is 5.95. The normalized spacial score (nSPS) is 17.3. The molecule has 9 heteroatoms. The topological polar surface area (TPSA) is 82.3 Å². The van der Waals surface area contributed by atoms with Crippen LogP contribution >= 0.6 is 0 Å². The van der Waals surface area contributed by atoms with Crippen molar-refractivity contribution in [2.24, 2.45) is 0 Å². The highest BCUT2D eigenvalue weighted by atomic mass is 19.4. The average molecular weight is 381 g/mol. The van der Waals surface area contributed by atoms with Gasteiger partial charge >= 0.3 is 12.1 Å². The van der Waals surface area contributed by atoms with Crippen LogP contribution < -0.4 is 10.9 Å². The van der Waals surface area contributed by atoms with Crippen molar-refractivity contribution >= 4 is 22.7 Å². The molecule has 0 spiro atoms. The molecule has 2 amide bonds. The number of likely N-dealkylation sites (tertiary alicyclic amines) is 1. The fourth-order valence-electron chi connectivity index (χ4n) is 3.31. The molecule has 144 valence electrons. The van der Waals surface area contributed by atoms with Crippen molar-refractivity contribution in [2.75, 3.05) is 6.54 Å². The monoisotopic (exact) mass is 381 g/mol. The second-order valence-electron chi connectivity index (χ2n) is 6.53. The molecular weight excluding hydrogens is 363 g/mol. The summed E-state index contributed by atoms with van der Waals surface area (Å²) in [7, 11) is 0. The number of aromatic nitrogens is 1. The Bertz CT molecular complexity index is 952. The lowest BCUT2D eigenvalue weighted by atomic mass is 10.1. The predicted molar refractivity (Wildman–Crippen MR) is 91.9 cm³/mol. The van der Waals surface area contributed by atoms with Crippen LogP contribution in [0.4, 0.5) is 13.2 Å². The van der Waals surface area contributed by atoms with Crippen molar-refractivity contribution in [3.63, 3.8) is 0 Å². The number of nitrogens with one attached hydrogen (secondary N) is 2. The third-order valence-corrected chi connectivity index (χ3v) is 4.68. The van der Waals surface area contributed by atoms with Crippen LogP contribution in [0.25, 0.3) is 10.9 Å². The number of hydrogen-bond donors (Lipinski definition) is 2. The number of carbonyl (C=O) groups is 2. The van der Waals surface area contributed by atoms with Crippen LogP contribution in [0.3, 0.4) is 0 Å². The number of alkyl halides is 3. The number of H-pyrrole nitrogens is 1. The number of fused-ring (bicyclic) bond motifs is 1. The lowest BCUT2D eigenvalue weighted by molar-refractivity contribution is -0.186. The molecule has 1 aliphatic heterocycles. The first kappa shape index (κ1) is 18.9. The minimum Gasteiger partial charge on any atom is -0.350 e. The summed E-state index contributed by atoms with van der Waals surface area (Å²) in [6.07, 6.45) is -4.55. The smallest absolute Gasteiger partial charge is 0.350 e. The quantitative estimate of drug-likeness (QED) is 0.853. The van der Waals surface area contributed by atoms with Gasteiger partial charge < -0.3 is 15.2 Å². The molecule has 1 saturated heterocycles. The van der Waals surface area contributed by atoms with Crippen LogP contribution in [-0.4, -0.2) is 40.5 Å². The van der Waals surface area contributed by atoms with Gasteiger partial charge in [-0.15, -0.1) is 0 Å². The Labute approximate surface area is 152 Å². The maximum atomic E-state index is 12.7. The van der Waals surface area contributed by atoms with Crippen LogP contribution in [0.5, 0.6) is 0 Å². The van der Waals surface area contributed by atoms with Gasteiger partial charge in [-0.2, -0.15) is 13.2 Å². The molecular formula is C18H18F3N3O3. The fourth-order valence-corrected chi connectivity index (χ4v) is 3.31. The van der Waals surface area contributed by atoms with Crippen molar-refractivity contribution in [2.45, 2.75) is 38.5 Å². The molecule has 27 heavy (non-hydrogen) atoms. The van der Waals surface area contributed by atoms with Crippen LogP contribution in [0, 0.1) is 6.92 Å². The van der Waals surface area contributed by atoms with Gasteiger partial charge in [0.05, 0.1) is 5.52 Å². The molecule has 2 aromatic rings. The van der Waals surface area contributed by atoms with E-state index < -0.39 is 24.0 Å². The van der Waals surface area contributed by atoms with Crippen LogP contribution in [0.2, 0.25) is 0 Å². The van der Waals surface area contributed by atoms with E-state index in [1.165, 1.54) is 0 Å². The Morgan fingerprint density at radius 2 is 2.07 bits per heavy atom. The number of pyridine rings is 1. The third kappa shape index (κ3) is 3.81. The van der Waals surface area contributed by atoms with Gasteiger partial charge in [0.25, 0.3) is 5.56 Å². The molecule has 1 atom stereocenters. The van der Waals surface area contributed by atoms with E-state index in [4.69, 9.17) is 0 Å². The maximum Gasteiger partial charge on any atom is 0.471 e. The highest BCUT2D eigenvalue weighted by Gasteiger charge is 2.47. The molecule has 1 aromatic carbocycles. The van der Waals surface area contributed by atoms with Gasteiger partial charge in [0.1, 0.15) is 6.04 Å². The number of nitrogens with zero attached hydrogens (tertiary/aromatic N) is 1. The molecule has 0 bridgehead atoms. The van der Waals surface area contributed by atoms with E-state index in [1.54, 1.807) is 6.07 Å². The first-order chi connectivity index (χ1) is 12.7. The molecule has 1 aliphatic rings. The van der Waals surface area contributed by atoms with Crippen molar-refractivity contribution < 1.29 is 22.8 Å². The number of aryl methyl sites for hydroxylation is 1. The summed E-state index contributed by atoms with van der Waals surface area (Å²) >= 11 is 0. The summed E-state index contributed by atoms with van der Waals surface area (Å²) in [5.41, 5.74) is 1.49. The average Bonchev–Trinajstić information content (AvgIpc) is 3.08. The van der Waals surface area contributed by atoms with E-state index in [-0.39, 0.29) is 30.6 Å². The second-order valence-corrected chi connectivity index (χ2v) is 6.53. The molecule has 1 aromatic heterocycles. The number of carbonyl (C=O) groups excluding carboxylic acids is 2. The fraction of sp³-hybridized carbons (Fsp3) is 0.389. The Morgan fingerprint density at radius 1 is 1.33 bits per heavy atom. The SMILES string of the molecule is Cc1cccc2cc(CNC(=O)C3CCCN3C(=O)C(F)(F)F)c(=O)[nH]c12. The first-order valence-electron chi connectivity index (χ1n) is 8.45. The molecule has 0 saturated carbocycles. The van der Waals surface area contributed by atoms with Gasteiger partial charge in [-0.25, -0.2) is 0 Å². The molecule has 0 radical (unpaired) electrons. The maximum absolute atomic E-state index is 12.7. The molecule has 6 nitrogen and oxygen atoms in total. The van der Waals surface area contributed by atoms with Crippen molar-refractivity contribution in [1.82, 2.24) is 15.2 Å². The Hall–Kier alpha value is -2.84. The zero-order valence-electron chi connectivity index (χ0n) is 14.5. The van der Waals surface area contributed by atoms with Crippen LogP contribution in [-0.2, 0) is 16.1 Å². The lowest BCUT2D eigenvalue weighted by Gasteiger charge is -2.24. The van der Waals surface area contributed by atoms with Crippen molar-refractivity contribution in [3.8, 4) is 0 Å². The zero-order valence-corrected chi connectivity index (χ0v) is 14.5. The van der Waals surface area contributed by atoms with Crippen LogP contribution in [0.1, 0.15) is 24.0 Å². The number of halogens is 3. The summed E-state index contributed by atoms with van der Waals surface area (Å²) in [5, 5.41) is 3.26. The summed E-state index contributed by atoms with van der Waals surface area (Å²) in [6.45, 7) is 1.60. The predicted octanol–water partition coefficient (Wildman–Crippen LogP) is 2.01. The van der Waals surface area contributed by atoms with Gasteiger partial charge in [-0.3, -0.25) is 14.4 Å². The minimum atomic E-state index is -5.02. The molecule has 2 N–H and O–H groups in total. The number of aromatic amines is 1. The van der Waals surface area contributed by atoms with Gasteiger partial charge in [0.15, 0.2) is 0 Å². The highest BCUT2D eigenvalue weighted by molar-refractivity contribution is 5.90. The Balaban J connectivity index is 1.74. The molecule has 2 heterocycles. The molecule has 3 rings (SSSR count). The van der Waals surface area contributed by atoms with Gasteiger partial charge in [0, 0.05) is 18.7 Å². The first-order valence-corrected chi connectivity index (χ1v) is 8.45. The minimum absolute atomic E-state index is 0.119. The van der Waals surface area contributed by atoms with Crippen molar-refractivity contribution in [1.29, 1.82) is 0 Å². The molecule has 1 fully saturated rings. The number of amides is 2. The van der Waals surface area contributed by atoms with E-state index >= 15 is 0 Å². The second kappa shape index (κ2) is 7.05. The van der Waals surface area contributed by atoms with E-state index in [9.17, 15) is 27.6 Å². The number of rotatable bonds is 3. The third-order valence-electron chi connectivity index (χ3n) is 4.68. The Kier molecular flexibility index (Phi) is 4.95. The number of para-hydroxylation sites is 1. The molecule has 1 unspecified atom stereocenters. The van der Waals surface area contributed by atoms with Gasteiger partial charge in [0.2, 0.25) is 5.91 Å².